The van der Waals surface area contributed by atoms with Gasteiger partial charge in [-0.1, -0.05) is 18.2 Å². The first kappa shape index (κ1) is 15.4. The highest BCUT2D eigenvalue weighted by atomic mass is 16.5. The average Bonchev–Trinajstić information content (AvgIpc) is 2.89. The monoisotopic (exact) mass is 291 g/mol. The molecule has 1 aromatic rings. The molecule has 1 aliphatic rings. The van der Waals surface area contributed by atoms with Gasteiger partial charge in [-0.15, -0.1) is 0 Å². The molecular weight excluding hydrogens is 270 g/mol. The van der Waals surface area contributed by atoms with Crippen molar-refractivity contribution in [3.8, 4) is 5.75 Å². The summed E-state index contributed by atoms with van der Waals surface area (Å²) in [7, 11) is 0. The fourth-order valence-corrected chi connectivity index (χ4v) is 2.44. The summed E-state index contributed by atoms with van der Waals surface area (Å²) >= 11 is 0. The predicted octanol–water partition coefficient (Wildman–Crippen LogP) is 2.17. The third-order valence-corrected chi connectivity index (χ3v) is 3.89. The van der Waals surface area contributed by atoms with Crippen molar-refractivity contribution >= 4 is 11.9 Å². The van der Waals surface area contributed by atoms with Crippen molar-refractivity contribution < 1.29 is 19.4 Å². The van der Waals surface area contributed by atoms with Crippen LogP contribution in [0.25, 0.3) is 0 Å². The van der Waals surface area contributed by atoms with E-state index in [0.29, 0.717) is 39.0 Å². The topological polar surface area (TPSA) is 66.8 Å². The molecule has 1 fully saturated rings. The number of rotatable bonds is 6. The zero-order chi connectivity index (χ0) is 15.3. The maximum atomic E-state index is 12.0. The number of amides is 1. The fourth-order valence-electron chi connectivity index (χ4n) is 2.44. The highest BCUT2D eigenvalue weighted by Gasteiger charge is 2.41. The molecule has 1 atom stereocenters. The van der Waals surface area contributed by atoms with Crippen molar-refractivity contribution in [1.82, 2.24) is 4.90 Å². The molecule has 5 nitrogen and oxygen atoms in total. The number of nitrogens with zero attached hydrogens (tertiary/aromatic N) is 1. The second-order valence-electron chi connectivity index (χ2n) is 5.70. The van der Waals surface area contributed by atoms with Crippen LogP contribution in [0.5, 0.6) is 5.75 Å². The first-order chi connectivity index (χ1) is 10.0. The molecule has 1 saturated heterocycles. The smallest absolute Gasteiger partial charge is 0.311 e. The Labute approximate surface area is 124 Å². The van der Waals surface area contributed by atoms with E-state index in [1.807, 2.05) is 30.3 Å². The Morgan fingerprint density at radius 3 is 2.67 bits per heavy atom. The van der Waals surface area contributed by atoms with Crippen molar-refractivity contribution in [3.63, 3.8) is 0 Å². The van der Waals surface area contributed by atoms with Crippen LogP contribution in [0.15, 0.2) is 30.3 Å². The van der Waals surface area contributed by atoms with Gasteiger partial charge in [-0.3, -0.25) is 9.59 Å². The minimum absolute atomic E-state index is 0.0108. The zero-order valence-electron chi connectivity index (χ0n) is 12.2. The van der Waals surface area contributed by atoms with Gasteiger partial charge in [0, 0.05) is 19.5 Å². The molecule has 0 radical (unpaired) electrons. The van der Waals surface area contributed by atoms with Crippen LogP contribution < -0.4 is 4.74 Å². The molecule has 0 aromatic heterocycles. The Hall–Kier alpha value is -2.04. The number of hydrogen-bond acceptors (Lipinski definition) is 3. The van der Waals surface area contributed by atoms with Gasteiger partial charge in [0.2, 0.25) is 5.91 Å². The minimum Gasteiger partial charge on any atom is -0.494 e. The SMILES string of the molecule is C[C@]1(C(=O)O)CCN(C(=O)CCCOc2ccccc2)C1. The van der Waals surface area contributed by atoms with Gasteiger partial charge >= 0.3 is 5.97 Å². The van der Waals surface area contributed by atoms with E-state index >= 15 is 0 Å². The summed E-state index contributed by atoms with van der Waals surface area (Å²) in [6, 6.07) is 9.47. The van der Waals surface area contributed by atoms with Crippen molar-refractivity contribution in [3.05, 3.63) is 30.3 Å². The van der Waals surface area contributed by atoms with Crippen molar-refractivity contribution in [1.29, 1.82) is 0 Å². The van der Waals surface area contributed by atoms with Crippen molar-refractivity contribution in [2.45, 2.75) is 26.2 Å². The summed E-state index contributed by atoms with van der Waals surface area (Å²) in [5.74, 6) is -0.0218. The number of para-hydroxylation sites is 1. The van der Waals surface area contributed by atoms with E-state index in [4.69, 9.17) is 9.84 Å². The van der Waals surface area contributed by atoms with Gasteiger partial charge in [0.05, 0.1) is 12.0 Å². The third-order valence-electron chi connectivity index (χ3n) is 3.89. The third kappa shape index (κ3) is 3.97. The maximum Gasteiger partial charge on any atom is 0.311 e. The minimum atomic E-state index is -0.829. The summed E-state index contributed by atoms with van der Waals surface area (Å²) in [5, 5.41) is 9.15. The van der Waals surface area contributed by atoms with Crippen LogP contribution in [0, 0.1) is 5.41 Å². The molecule has 0 unspecified atom stereocenters. The summed E-state index contributed by atoms with van der Waals surface area (Å²) < 4.78 is 5.53. The number of likely N-dealkylation sites (tertiary alicyclic amines) is 1. The van der Waals surface area contributed by atoms with Gasteiger partial charge in [0.1, 0.15) is 5.75 Å². The van der Waals surface area contributed by atoms with Gasteiger partial charge in [-0.25, -0.2) is 0 Å². The summed E-state index contributed by atoms with van der Waals surface area (Å²) in [5.41, 5.74) is -0.795. The van der Waals surface area contributed by atoms with Crippen LogP contribution in [-0.4, -0.2) is 41.6 Å². The first-order valence-electron chi connectivity index (χ1n) is 7.20. The van der Waals surface area contributed by atoms with Crippen LogP contribution >= 0.6 is 0 Å². The molecule has 2 rings (SSSR count). The van der Waals surface area contributed by atoms with E-state index in [0.717, 1.165) is 5.75 Å². The number of hydrogen-bond donors (Lipinski definition) is 1. The van der Waals surface area contributed by atoms with E-state index in [-0.39, 0.29) is 5.91 Å². The Kier molecular flexibility index (Phi) is 4.83. The molecule has 1 heterocycles. The molecule has 5 heteroatoms. The van der Waals surface area contributed by atoms with Gasteiger partial charge < -0.3 is 14.7 Å². The lowest BCUT2D eigenvalue weighted by Gasteiger charge is -2.20. The van der Waals surface area contributed by atoms with Crippen LogP contribution in [0.2, 0.25) is 0 Å². The standard InChI is InChI=1S/C16H21NO4/c1-16(15(19)20)9-10-17(12-16)14(18)8-5-11-21-13-6-3-2-4-7-13/h2-4,6-7H,5,8-12H2,1H3,(H,19,20)/t16-/m0/s1. The highest BCUT2D eigenvalue weighted by Crippen LogP contribution is 2.30. The molecule has 21 heavy (non-hydrogen) atoms. The lowest BCUT2D eigenvalue weighted by molar-refractivity contribution is -0.147. The zero-order valence-corrected chi connectivity index (χ0v) is 12.2. The second-order valence-corrected chi connectivity index (χ2v) is 5.70. The summed E-state index contributed by atoms with van der Waals surface area (Å²) in [6.45, 7) is 3.02. The molecular formula is C16H21NO4. The fraction of sp³-hybridized carbons (Fsp3) is 0.500. The number of ether oxygens (including phenoxy) is 1. The first-order valence-corrected chi connectivity index (χ1v) is 7.20. The van der Waals surface area contributed by atoms with E-state index in [2.05, 4.69) is 0 Å². The van der Waals surface area contributed by atoms with E-state index in [1.165, 1.54) is 0 Å². The van der Waals surface area contributed by atoms with E-state index < -0.39 is 11.4 Å². The number of carbonyl (C=O) groups is 2. The maximum absolute atomic E-state index is 12.0. The number of aliphatic carboxylic acids is 1. The quantitative estimate of drug-likeness (QED) is 0.816. The second kappa shape index (κ2) is 6.61. The van der Waals surface area contributed by atoms with Gasteiger partial charge in [-0.05, 0) is 31.9 Å². The summed E-state index contributed by atoms with van der Waals surface area (Å²) in [6.07, 6.45) is 1.55. The Morgan fingerprint density at radius 2 is 2.05 bits per heavy atom. The number of carboxylic acid groups (broad SMARTS) is 1. The molecule has 1 N–H and O–H groups in total. The molecule has 1 aromatic carbocycles. The van der Waals surface area contributed by atoms with Gasteiger partial charge in [0.15, 0.2) is 0 Å². The van der Waals surface area contributed by atoms with Crippen LogP contribution in [0.4, 0.5) is 0 Å². The Morgan fingerprint density at radius 1 is 1.33 bits per heavy atom. The predicted molar refractivity (Wildman–Crippen MR) is 78.1 cm³/mol. The van der Waals surface area contributed by atoms with Gasteiger partial charge in [-0.2, -0.15) is 0 Å². The van der Waals surface area contributed by atoms with Crippen LogP contribution in [0.3, 0.4) is 0 Å². The molecule has 114 valence electrons. The molecule has 0 bridgehead atoms. The lowest BCUT2D eigenvalue weighted by atomic mass is 9.90. The average molecular weight is 291 g/mol. The van der Waals surface area contributed by atoms with Crippen molar-refractivity contribution in [2.24, 2.45) is 5.41 Å². The van der Waals surface area contributed by atoms with Crippen LogP contribution in [0.1, 0.15) is 26.2 Å². The highest BCUT2D eigenvalue weighted by molar-refractivity contribution is 5.80. The summed E-state index contributed by atoms with van der Waals surface area (Å²) in [4.78, 5) is 24.8. The molecule has 0 saturated carbocycles. The largest absolute Gasteiger partial charge is 0.494 e. The van der Waals surface area contributed by atoms with Gasteiger partial charge in [0.25, 0.3) is 0 Å². The Bertz CT molecular complexity index is 502. The van der Waals surface area contributed by atoms with E-state index in [9.17, 15) is 9.59 Å². The van der Waals surface area contributed by atoms with E-state index in [1.54, 1.807) is 11.8 Å². The van der Waals surface area contributed by atoms with Crippen LogP contribution in [-0.2, 0) is 9.59 Å². The Balaban J connectivity index is 1.70. The lowest BCUT2D eigenvalue weighted by Crippen LogP contribution is -2.34. The number of benzene rings is 1. The number of carbonyl (C=O) groups excluding carboxylic acids is 1. The normalized spacial score (nSPS) is 21.3. The molecule has 0 aliphatic carbocycles. The van der Waals surface area contributed by atoms with Crippen molar-refractivity contribution in [2.75, 3.05) is 19.7 Å². The number of carboxylic acids is 1. The molecule has 1 aliphatic heterocycles. The molecule has 0 spiro atoms. The molecule has 1 amide bonds.